The molecule has 34 heavy (non-hydrogen) atoms. The van der Waals surface area contributed by atoms with Crippen molar-refractivity contribution in [2.45, 2.75) is 117 Å². The molecule has 1 aliphatic rings. The highest BCUT2D eigenvalue weighted by Gasteiger charge is 2.18. The standard InChI is InChI=1S/C33H49N/c1-3-5-7-8-10-16-31-23-26-33(34-27-31)32-24-21-30(22-25-32)15-12-11-14-29-19-17-28(18-20-29)13-9-6-4-2/h11,14,21-29H,3-10,12-13,15-20H2,1-2H3/t28-,29-. The van der Waals surface area contributed by atoms with Crippen molar-refractivity contribution in [2.75, 3.05) is 0 Å². The Morgan fingerprint density at radius 2 is 1.44 bits per heavy atom. The summed E-state index contributed by atoms with van der Waals surface area (Å²) in [5.74, 6) is 1.84. The van der Waals surface area contributed by atoms with E-state index in [9.17, 15) is 0 Å². The number of aryl methyl sites for hydroxylation is 2. The third kappa shape index (κ3) is 9.77. The minimum atomic E-state index is 0.829. The Labute approximate surface area is 210 Å². The van der Waals surface area contributed by atoms with Crippen molar-refractivity contribution in [3.63, 3.8) is 0 Å². The summed E-state index contributed by atoms with van der Waals surface area (Å²) in [4.78, 5) is 4.74. The van der Waals surface area contributed by atoms with Crippen LogP contribution in [0, 0.1) is 11.8 Å². The zero-order chi connectivity index (χ0) is 23.8. The van der Waals surface area contributed by atoms with Gasteiger partial charge in [0.1, 0.15) is 0 Å². The average Bonchev–Trinajstić information content (AvgIpc) is 2.88. The molecule has 0 bridgehead atoms. The molecule has 0 atom stereocenters. The number of hydrogen-bond donors (Lipinski definition) is 0. The summed E-state index contributed by atoms with van der Waals surface area (Å²) in [6.45, 7) is 4.58. The van der Waals surface area contributed by atoms with Crippen LogP contribution in [0.25, 0.3) is 11.3 Å². The monoisotopic (exact) mass is 459 g/mol. The molecule has 1 aromatic carbocycles. The maximum atomic E-state index is 4.74. The number of allylic oxidation sites excluding steroid dienone is 2. The van der Waals surface area contributed by atoms with Gasteiger partial charge in [0, 0.05) is 11.8 Å². The van der Waals surface area contributed by atoms with Crippen LogP contribution in [0.15, 0.2) is 54.7 Å². The van der Waals surface area contributed by atoms with Crippen molar-refractivity contribution in [3.8, 4) is 11.3 Å². The summed E-state index contributed by atoms with van der Waals surface area (Å²) < 4.78 is 0. The van der Waals surface area contributed by atoms with Crippen LogP contribution in [0.2, 0.25) is 0 Å². The first-order valence-corrected chi connectivity index (χ1v) is 14.5. The second kappa shape index (κ2) is 15.9. The molecular formula is C33H49N. The van der Waals surface area contributed by atoms with Crippen LogP contribution in [0.4, 0.5) is 0 Å². The molecule has 3 rings (SSSR count). The molecule has 0 unspecified atom stereocenters. The van der Waals surface area contributed by atoms with Crippen molar-refractivity contribution in [3.05, 3.63) is 65.9 Å². The van der Waals surface area contributed by atoms with Crippen LogP contribution in [0.1, 0.15) is 115 Å². The molecule has 0 spiro atoms. The average molecular weight is 460 g/mol. The Bertz CT molecular complexity index is 793. The lowest BCUT2D eigenvalue weighted by Gasteiger charge is -2.26. The first kappa shape index (κ1) is 26.7. The van der Waals surface area contributed by atoms with Crippen LogP contribution in [0.3, 0.4) is 0 Å². The SMILES string of the molecule is CCCCCCCc1ccc(-c2ccc(CCC=C[C@H]3CC[C@H](CCCCC)CC3)cc2)nc1. The van der Waals surface area contributed by atoms with Gasteiger partial charge in [-0.1, -0.05) is 108 Å². The quantitative estimate of drug-likeness (QED) is 0.191. The Kier molecular flexibility index (Phi) is 12.5. The largest absolute Gasteiger partial charge is 0.256 e. The van der Waals surface area contributed by atoms with Gasteiger partial charge in [0.05, 0.1) is 5.69 Å². The molecule has 1 heteroatoms. The zero-order valence-electron chi connectivity index (χ0n) is 22.1. The molecule has 1 saturated carbocycles. The molecule has 0 amide bonds. The van der Waals surface area contributed by atoms with E-state index < -0.39 is 0 Å². The fourth-order valence-corrected chi connectivity index (χ4v) is 5.41. The highest BCUT2D eigenvalue weighted by atomic mass is 14.7. The molecule has 1 heterocycles. The lowest BCUT2D eigenvalue weighted by molar-refractivity contribution is 0.289. The van der Waals surface area contributed by atoms with E-state index in [-0.39, 0.29) is 0 Å². The normalized spacial score (nSPS) is 18.5. The molecular weight excluding hydrogens is 410 g/mol. The maximum absolute atomic E-state index is 4.74. The molecule has 1 aliphatic carbocycles. The van der Waals surface area contributed by atoms with Gasteiger partial charge in [0.25, 0.3) is 0 Å². The number of hydrogen-bond acceptors (Lipinski definition) is 1. The predicted octanol–water partition coefficient (Wildman–Crippen LogP) is 10.1. The van der Waals surface area contributed by atoms with Crippen molar-refractivity contribution in [1.29, 1.82) is 0 Å². The molecule has 0 aliphatic heterocycles. The summed E-state index contributed by atoms with van der Waals surface area (Å²) in [5.41, 5.74) is 5.11. The number of nitrogens with zero attached hydrogens (tertiary/aromatic N) is 1. The topological polar surface area (TPSA) is 12.9 Å². The molecule has 1 nitrogen and oxygen atoms in total. The molecule has 186 valence electrons. The minimum absolute atomic E-state index is 0.829. The number of aromatic nitrogens is 1. The van der Waals surface area contributed by atoms with E-state index in [1.807, 2.05) is 0 Å². The van der Waals surface area contributed by atoms with Crippen LogP contribution in [0.5, 0.6) is 0 Å². The summed E-state index contributed by atoms with van der Waals surface area (Å²) >= 11 is 0. The van der Waals surface area contributed by atoms with Crippen LogP contribution in [-0.4, -0.2) is 4.98 Å². The van der Waals surface area contributed by atoms with Crippen LogP contribution >= 0.6 is 0 Å². The zero-order valence-corrected chi connectivity index (χ0v) is 22.1. The van der Waals surface area contributed by atoms with Gasteiger partial charge in [0.15, 0.2) is 0 Å². The van der Waals surface area contributed by atoms with Gasteiger partial charge in [-0.2, -0.15) is 0 Å². The number of benzene rings is 1. The first-order chi connectivity index (χ1) is 16.8. The number of pyridine rings is 1. The lowest BCUT2D eigenvalue weighted by atomic mass is 9.79. The molecule has 1 aromatic heterocycles. The molecule has 0 N–H and O–H groups in total. The van der Waals surface area contributed by atoms with Crippen molar-refractivity contribution in [2.24, 2.45) is 11.8 Å². The Morgan fingerprint density at radius 3 is 2.15 bits per heavy atom. The van der Waals surface area contributed by atoms with Crippen molar-refractivity contribution in [1.82, 2.24) is 4.98 Å². The van der Waals surface area contributed by atoms with E-state index in [1.54, 1.807) is 0 Å². The Hall–Kier alpha value is -1.89. The summed E-state index contributed by atoms with van der Waals surface area (Å²) in [5, 5.41) is 0. The van der Waals surface area contributed by atoms with E-state index in [0.29, 0.717) is 0 Å². The fraction of sp³-hybridized carbons (Fsp3) is 0.606. The van der Waals surface area contributed by atoms with E-state index in [2.05, 4.69) is 68.6 Å². The summed E-state index contributed by atoms with van der Waals surface area (Å²) in [7, 11) is 0. The second-order valence-electron chi connectivity index (χ2n) is 10.7. The molecule has 0 saturated heterocycles. The van der Waals surface area contributed by atoms with Gasteiger partial charge in [-0.05, 0) is 80.4 Å². The number of rotatable bonds is 15. The predicted molar refractivity (Wildman–Crippen MR) is 149 cm³/mol. The van der Waals surface area contributed by atoms with Crippen LogP contribution in [-0.2, 0) is 12.8 Å². The summed E-state index contributed by atoms with van der Waals surface area (Å²) in [6.07, 6.45) is 28.6. The third-order valence-electron chi connectivity index (χ3n) is 7.76. The second-order valence-corrected chi connectivity index (χ2v) is 10.7. The van der Waals surface area contributed by atoms with Gasteiger partial charge in [0.2, 0.25) is 0 Å². The summed E-state index contributed by atoms with van der Waals surface area (Å²) in [6, 6.07) is 13.5. The van der Waals surface area contributed by atoms with Gasteiger partial charge in [-0.25, -0.2) is 0 Å². The van der Waals surface area contributed by atoms with Gasteiger partial charge < -0.3 is 0 Å². The molecule has 1 fully saturated rings. The van der Waals surface area contributed by atoms with Gasteiger partial charge >= 0.3 is 0 Å². The minimum Gasteiger partial charge on any atom is -0.256 e. The van der Waals surface area contributed by atoms with E-state index in [1.165, 1.54) is 100 Å². The first-order valence-electron chi connectivity index (χ1n) is 14.5. The molecule has 0 radical (unpaired) electrons. The number of unbranched alkanes of at least 4 members (excludes halogenated alkanes) is 6. The van der Waals surface area contributed by atoms with Gasteiger partial charge in [-0.3, -0.25) is 4.98 Å². The van der Waals surface area contributed by atoms with Crippen molar-refractivity contribution >= 4 is 0 Å². The highest BCUT2D eigenvalue weighted by Crippen LogP contribution is 2.32. The highest BCUT2D eigenvalue weighted by molar-refractivity contribution is 5.59. The fourth-order valence-electron chi connectivity index (χ4n) is 5.41. The van der Waals surface area contributed by atoms with Crippen LogP contribution < -0.4 is 0 Å². The van der Waals surface area contributed by atoms with E-state index in [0.717, 1.165) is 36.8 Å². The van der Waals surface area contributed by atoms with Crippen molar-refractivity contribution < 1.29 is 0 Å². The van der Waals surface area contributed by atoms with E-state index >= 15 is 0 Å². The molecule has 2 aromatic rings. The Balaban J connectivity index is 1.35. The Morgan fingerprint density at radius 1 is 0.735 bits per heavy atom. The lowest BCUT2D eigenvalue weighted by Crippen LogP contribution is -2.13. The smallest absolute Gasteiger partial charge is 0.0702 e. The van der Waals surface area contributed by atoms with E-state index in [4.69, 9.17) is 4.98 Å². The van der Waals surface area contributed by atoms with Gasteiger partial charge in [-0.15, -0.1) is 0 Å². The maximum Gasteiger partial charge on any atom is 0.0702 e. The third-order valence-corrected chi connectivity index (χ3v) is 7.76.